The van der Waals surface area contributed by atoms with E-state index in [1.54, 1.807) is 12.3 Å². The molecular formula is C8H10BrN3O. The average Bonchev–Trinajstić information content (AvgIpc) is 2.09. The van der Waals surface area contributed by atoms with Crippen LogP contribution in [0.5, 0.6) is 0 Å². The smallest absolute Gasteiger partial charge is 0.255 e. The fraction of sp³-hybridized carbons (Fsp3) is 0.250. The van der Waals surface area contributed by atoms with E-state index in [0.717, 1.165) is 4.47 Å². The van der Waals surface area contributed by atoms with Crippen molar-refractivity contribution in [3.63, 3.8) is 0 Å². The number of halogens is 1. The van der Waals surface area contributed by atoms with Gasteiger partial charge in [0.1, 0.15) is 5.82 Å². The van der Waals surface area contributed by atoms with Crippen LogP contribution in [0.4, 0.5) is 5.82 Å². The van der Waals surface area contributed by atoms with Crippen molar-refractivity contribution < 1.29 is 4.79 Å². The number of aromatic nitrogens is 1. The maximum atomic E-state index is 11.4. The van der Waals surface area contributed by atoms with Crippen LogP contribution in [0.3, 0.4) is 0 Å². The van der Waals surface area contributed by atoms with Crippen LogP contribution in [-0.4, -0.2) is 17.4 Å². The Morgan fingerprint density at radius 2 is 2.46 bits per heavy atom. The maximum Gasteiger partial charge on any atom is 0.255 e. The molecule has 0 aromatic carbocycles. The molecule has 1 rings (SSSR count). The molecule has 0 fully saturated rings. The summed E-state index contributed by atoms with van der Waals surface area (Å²) in [5.41, 5.74) is 5.93. The zero-order valence-electron chi connectivity index (χ0n) is 7.17. The van der Waals surface area contributed by atoms with E-state index >= 15 is 0 Å². The largest absolute Gasteiger partial charge is 0.383 e. The fourth-order valence-electron chi connectivity index (χ4n) is 0.887. The molecule has 0 saturated carbocycles. The predicted molar refractivity (Wildman–Crippen MR) is 54.4 cm³/mol. The molecule has 1 aromatic heterocycles. The Kier molecular flexibility index (Phi) is 3.25. The maximum absolute atomic E-state index is 11.4. The van der Waals surface area contributed by atoms with Gasteiger partial charge in [-0.2, -0.15) is 0 Å². The van der Waals surface area contributed by atoms with Gasteiger partial charge in [-0.15, -0.1) is 0 Å². The summed E-state index contributed by atoms with van der Waals surface area (Å²) >= 11 is 3.22. The molecule has 13 heavy (non-hydrogen) atoms. The second-order valence-electron chi connectivity index (χ2n) is 2.45. The number of hydrogen-bond donors (Lipinski definition) is 2. The van der Waals surface area contributed by atoms with Crippen LogP contribution in [0.25, 0.3) is 0 Å². The Morgan fingerprint density at radius 1 is 1.77 bits per heavy atom. The van der Waals surface area contributed by atoms with Crippen LogP contribution < -0.4 is 11.1 Å². The van der Waals surface area contributed by atoms with Gasteiger partial charge in [-0.05, 0) is 28.9 Å². The topological polar surface area (TPSA) is 68.0 Å². The third-order valence-corrected chi connectivity index (χ3v) is 1.90. The van der Waals surface area contributed by atoms with Gasteiger partial charge in [-0.3, -0.25) is 4.79 Å². The first-order valence-corrected chi connectivity index (χ1v) is 4.63. The van der Waals surface area contributed by atoms with Crippen molar-refractivity contribution in [3.05, 3.63) is 22.3 Å². The van der Waals surface area contributed by atoms with Crippen LogP contribution in [-0.2, 0) is 0 Å². The van der Waals surface area contributed by atoms with Gasteiger partial charge >= 0.3 is 0 Å². The van der Waals surface area contributed by atoms with Crippen molar-refractivity contribution >= 4 is 27.7 Å². The molecule has 0 aliphatic heterocycles. The van der Waals surface area contributed by atoms with Gasteiger partial charge in [0.05, 0.1) is 5.56 Å². The molecule has 1 aromatic rings. The minimum Gasteiger partial charge on any atom is -0.383 e. The van der Waals surface area contributed by atoms with Crippen molar-refractivity contribution in [2.45, 2.75) is 6.92 Å². The van der Waals surface area contributed by atoms with Crippen molar-refractivity contribution in [1.29, 1.82) is 0 Å². The first-order valence-electron chi connectivity index (χ1n) is 3.84. The van der Waals surface area contributed by atoms with Crippen molar-refractivity contribution in [2.24, 2.45) is 0 Å². The zero-order valence-corrected chi connectivity index (χ0v) is 8.76. The number of nitrogen functional groups attached to an aromatic ring is 1. The molecular weight excluding hydrogens is 234 g/mol. The van der Waals surface area contributed by atoms with Crippen LogP contribution in [0.15, 0.2) is 16.7 Å². The van der Waals surface area contributed by atoms with E-state index in [2.05, 4.69) is 26.2 Å². The van der Waals surface area contributed by atoms with Gasteiger partial charge in [0.25, 0.3) is 5.91 Å². The van der Waals surface area contributed by atoms with Gasteiger partial charge < -0.3 is 11.1 Å². The highest BCUT2D eigenvalue weighted by Gasteiger charge is 2.09. The summed E-state index contributed by atoms with van der Waals surface area (Å²) in [5.74, 6) is 0.0444. The van der Waals surface area contributed by atoms with Crippen LogP contribution in [0.1, 0.15) is 17.3 Å². The fourth-order valence-corrected chi connectivity index (χ4v) is 1.22. The summed E-state index contributed by atoms with van der Waals surface area (Å²) in [6.45, 7) is 2.42. The summed E-state index contributed by atoms with van der Waals surface area (Å²) in [6.07, 6.45) is 1.55. The monoisotopic (exact) mass is 243 g/mol. The van der Waals surface area contributed by atoms with Crippen LogP contribution in [0, 0.1) is 0 Å². The number of nitrogens with one attached hydrogen (secondary N) is 1. The Balaban J connectivity index is 2.99. The number of carbonyl (C=O) groups is 1. The van der Waals surface area contributed by atoms with Gasteiger partial charge in [-0.1, -0.05) is 0 Å². The molecule has 3 N–H and O–H groups in total. The number of anilines is 1. The van der Waals surface area contributed by atoms with Crippen molar-refractivity contribution in [1.82, 2.24) is 10.3 Å². The lowest BCUT2D eigenvalue weighted by Crippen LogP contribution is -2.24. The van der Waals surface area contributed by atoms with Gasteiger partial charge in [0, 0.05) is 17.2 Å². The third-order valence-electron chi connectivity index (χ3n) is 1.47. The molecule has 0 aliphatic rings. The number of hydrogen-bond acceptors (Lipinski definition) is 3. The van der Waals surface area contributed by atoms with Crippen molar-refractivity contribution in [3.8, 4) is 0 Å². The first-order chi connectivity index (χ1) is 6.15. The molecule has 0 spiro atoms. The minimum atomic E-state index is -0.200. The second kappa shape index (κ2) is 4.23. The summed E-state index contributed by atoms with van der Waals surface area (Å²) in [7, 11) is 0. The first kappa shape index (κ1) is 9.98. The van der Waals surface area contributed by atoms with E-state index in [1.807, 2.05) is 6.92 Å². The van der Waals surface area contributed by atoms with Gasteiger partial charge in [-0.25, -0.2) is 4.98 Å². The van der Waals surface area contributed by atoms with Crippen molar-refractivity contribution in [2.75, 3.05) is 12.3 Å². The average molecular weight is 244 g/mol. The third kappa shape index (κ3) is 2.42. The molecule has 0 aliphatic carbocycles. The van der Waals surface area contributed by atoms with E-state index in [4.69, 9.17) is 5.73 Å². The number of amides is 1. The van der Waals surface area contributed by atoms with Gasteiger partial charge in [0.2, 0.25) is 0 Å². The predicted octanol–water partition coefficient (Wildman–Crippen LogP) is 1.18. The Bertz CT molecular complexity index is 327. The molecule has 1 heterocycles. The lowest BCUT2D eigenvalue weighted by atomic mass is 10.2. The highest BCUT2D eigenvalue weighted by Crippen LogP contribution is 2.14. The minimum absolute atomic E-state index is 0.200. The molecule has 0 unspecified atom stereocenters. The molecule has 4 nitrogen and oxygen atoms in total. The highest BCUT2D eigenvalue weighted by atomic mass is 79.9. The normalized spacial score (nSPS) is 9.69. The summed E-state index contributed by atoms with van der Waals surface area (Å²) in [4.78, 5) is 15.2. The standard InChI is InChI=1S/C8H10BrN3O/c1-2-11-8(13)6-3-5(9)4-12-7(6)10/h3-4H,2H2,1H3,(H2,10,12)(H,11,13). The molecule has 5 heteroatoms. The number of carbonyl (C=O) groups excluding carboxylic acids is 1. The molecule has 0 bridgehead atoms. The van der Waals surface area contributed by atoms with Crippen LogP contribution in [0.2, 0.25) is 0 Å². The molecule has 0 radical (unpaired) electrons. The lowest BCUT2D eigenvalue weighted by molar-refractivity contribution is 0.0956. The Morgan fingerprint density at radius 3 is 3.08 bits per heavy atom. The van der Waals surface area contributed by atoms with Gasteiger partial charge in [0.15, 0.2) is 0 Å². The van der Waals surface area contributed by atoms with Crippen LogP contribution >= 0.6 is 15.9 Å². The number of rotatable bonds is 2. The summed E-state index contributed by atoms with van der Waals surface area (Å²) in [5, 5.41) is 2.65. The number of pyridine rings is 1. The van der Waals surface area contributed by atoms with E-state index in [1.165, 1.54) is 0 Å². The Hall–Kier alpha value is -1.10. The van der Waals surface area contributed by atoms with E-state index in [-0.39, 0.29) is 11.7 Å². The summed E-state index contributed by atoms with van der Waals surface area (Å²) in [6, 6.07) is 1.65. The summed E-state index contributed by atoms with van der Waals surface area (Å²) < 4.78 is 0.739. The quantitative estimate of drug-likeness (QED) is 0.820. The molecule has 0 atom stereocenters. The lowest BCUT2D eigenvalue weighted by Gasteiger charge is -2.04. The van der Waals surface area contributed by atoms with E-state index in [9.17, 15) is 4.79 Å². The molecule has 0 saturated heterocycles. The number of nitrogens with two attached hydrogens (primary N) is 1. The van der Waals surface area contributed by atoms with E-state index in [0.29, 0.717) is 12.1 Å². The SMILES string of the molecule is CCNC(=O)c1cc(Br)cnc1N. The second-order valence-corrected chi connectivity index (χ2v) is 3.36. The number of nitrogens with zero attached hydrogens (tertiary/aromatic N) is 1. The highest BCUT2D eigenvalue weighted by molar-refractivity contribution is 9.10. The van der Waals surface area contributed by atoms with E-state index < -0.39 is 0 Å². The zero-order chi connectivity index (χ0) is 9.84. The molecule has 70 valence electrons. The molecule has 1 amide bonds. The Labute approximate surface area is 84.7 Å².